The van der Waals surface area contributed by atoms with Crippen molar-refractivity contribution in [3.05, 3.63) is 35.9 Å². The van der Waals surface area contributed by atoms with Crippen LogP contribution in [0.1, 0.15) is 31.2 Å². The Balaban J connectivity index is 1.91. The number of amides is 1. The Morgan fingerprint density at radius 3 is 2.83 bits per heavy atom. The van der Waals surface area contributed by atoms with E-state index in [1.807, 2.05) is 30.3 Å². The number of carbonyl (C=O) groups is 1. The number of rotatable bonds is 5. The second-order valence-corrected chi connectivity index (χ2v) is 4.98. The van der Waals surface area contributed by atoms with Crippen LogP contribution in [0.2, 0.25) is 0 Å². The van der Waals surface area contributed by atoms with Gasteiger partial charge in [-0.15, -0.1) is 0 Å². The Labute approximate surface area is 109 Å². The van der Waals surface area contributed by atoms with Crippen molar-refractivity contribution in [2.75, 3.05) is 13.1 Å². The zero-order valence-corrected chi connectivity index (χ0v) is 10.8. The number of likely N-dealkylation sites (tertiary alicyclic amines) is 1. The number of benzene rings is 1. The third-order valence-electron chi connectivity index (χ3n) is 3.64. The summed E-state index contributed by atoms with van der Waals surface area (Å²) in [4.78, 5) is 14.3. The first-order chi connectivity index (χ1) is 8.81. The van der Waals surface area contributed by atoms with Gasteiger partial charge in [-0.1, -0.05) is 30.3 Å². The SMILES string of the molecule is NCCCC1CCCN1C(=O)Cc1ccccc1. The van der Waals surface area contributed by atoms with Crippen molar-refractivity contribution >= 4 is 5.91 Å². The molecule has 18 heavy (non-hydrogen) atoms. The van der Waals surface area contributed by atoms with Crippen LogP contribution in [-0.2, 0) is 11.2 Å². The van der Waals surface area contributed by atoms with E-state index in [0.717, 1.165) is 44.3 Å². The molecule has 3 heteroatoms. The molecule has 1 saturated heterocycles. The highest BCUT2D eigenvalue weighted by Crippen LogP contribution is 2.22. The molecule has 0 spiro atoms. The average molecular weight is 246 g/mol. The topological polar surface area (TPSA) is 46.3 Å². The van der Waals surface area contributed by atoms with Crippen molar-refractivity contribution in [2.45, 2.75) is 38.1 Å². The van der Waals surface area contributed by atoms with Crippen LogP contribution in [0.15, 0.2) is 30.3 Å². The molecule has 1 unspecified atom stereocenters. The summed E-state index contributed by atoms with van der Waals surface area (Å²) in [7, 11) is 0. The van der Waals surface area contributed by atoms with Crippen LogP contribution in [-0.4, -0.2) is 29.9 Å². The quantitative estimate of drug-likeness (QED) is 0.863. The van der Waals surface area contributed by atoms with Crippen molar-refractivity contribution in [1.29, 1.82) is 0 Å². The van der Waals surface area contributed by atoms with Crippen LogP contribution in [0, 0.1) is 0 Å². The summed E-state index contributed by atoms with van der Waals surface area (Å²) in [6.07, 6.45) is 4.87. The fourth-order valence-corrected chi connectivity index (χ4v) is 2.69. The molecule has 2 N–H and O–H groups in total. The summed E-state index contributed by atoms with van der Waals surface area (Å²) in [6.45, 7) is 1.64. The first kappa shape index (κ1) is 13.1. The molecule has 0 aliphatic carbocycles. The van der Waals surface area contributed by atoms with Crippen LogP contribution in [0.25, 0.3) is 0 Å². The van der Waals surface area contributed by atoms with Gasteiger partial charge in [0, 0.05) is 12.6 Å². The molecule has 1 fully saturated rings. The third kappa shape index (κ3) is 3.33. The van der Waals surface area contributed by atoms with Crippen LogP contribution in [0.4, 0.5) is 0 Å². The van der Waals surface area contributed by atoms with Gasteiger partial charge in [0.05, 0.1) is 6.42 Å². The van der Waals surface area contributed by atoms with Gasteiger partial charge in [0.1, 0.15) is 0 Å². The minimum Gasteiger partial charge on any atom is -0.339 e. The van der Waals surface area contributed by atoms with Crippen molar-refractivity contribution < 1.29 is 4.79 Å². The van der Waals surface area contributed by atoms with Gasteiger partial charge in [-0.05, 0) is 37.8 Å². The zero-order chi connectivity index (χ0) is 12.8. The van der Waals surface area contributed by atoms with Gasteiger partial charge in [-0.3, -0.25) is 4.79 Å². The van der Waals surface area contributed by atoms with E-state index in [0.29, 0.717) is 12.5 Å². The second kappa shape index (κ2) is 6.55. The molecule has 0 saturated carbocycles. The summed E-state index contributed by atoms with van der Waals surface area (Å²) < 4.78 is 0. The minimum atomic E-state index is 0.265. The molecule has 1 aromatic carbocycles. The maximum atomic E-state index is 12.3. The van der Waals surface area contributed by atoms with E-state index >= 15 is 0 Å². The lowest BCUT2D eigenvalue weighted by atomic mass is 10.1. The Bertz CT molecular complexity index is 377. The van der Waals surface area contributed by atoms with Gasteiger partial charge >= 0.3 is 0 Å². The summed E-state index contributed by atoms with van der Waals surface area (Å²) in [5.41, 5.74) is 6.65. The second-order valence-electron chi connectivity index (χ2n) is 4.98. The Morgan fingerprint density at radius 1 is 1.33 bits per heavy atom. The highest BCUT2D eigenvalue weighted by Gasteiger charge is 2.27. The van der Waals surface area contributed by atoms with Gasteiger partial charge in [0.2, 0.25) is 5.91 Å². The third-order valence-corrected chi connectivity index (χ3v) is 3.64. The Morgan fingerprint density at radius 2 is 2.11 bits per heavy atom. The number of nitrogens with two attached hydrogens (primary N) is 1. The lowest BCUT2D eigenvalue weighted by molar-refractivity contribution is -0.131. The highest BCUT2D eigenvalue weighted by molar-refractivity contribution is 5.79. The monoisotopic (exact) mass is 246 g/mol. The number of hydrogen-bond acceptors (Lipinski definition) is 2. The Kier molecular flexibility index (Phi) is 4.76. The summed E-state index contributed by atoms with van der Waals surface area (Å²) >= 11 is 0. The maximum Gasteiger partial charge on any atom is 0.227 e. The first-order valence-electron chi connectivity index (χ1n) is 6.84. The predicted molar refractivity (Wildman–Crippen MR) is 73.2 cm³/mol. The normalized spacial score (nSPS) is 19.2. The van der Waals surface area contributed by atoms with Gasteiger partial charge < -0.3 is 10.6 Å². The molecule has 3 nitrogen and oxygen atoms in total. The number of hydrogen-bond donors (Lipinski definition) is 1. The molecule has 1 aromatic rings. The van der Waals surface area contributed by atoms with Crippen molar-refractivity contribution in [1.82, 2.24) is 4.90 Å². The first-order valence-corrected chi connectivity index (χ1v) is 6.84. The van der Waals surface area contributed by atoms with Crippen LogP contribution in [0.5, 0.6) is 0 Å². The van der Waals surface area contributed by atoms with E-state index in [1.165, 1.54) is 0 Å². The number of nitrogens with zero attached hydrogens (tertiary/aromatic N) is 1. The van der Waals surface area contributed by atoms with Crippen LogP contribution >= 0.6 is 0 Å². The van der Waals surface area contributed by atoms with Crippen LogP contribution in [0.3, 0.4) is 0 Å². The predicted octanol–water partition coefficient (Wildman–Crippen LogP) is 1.96. The van der Waals surface area contributed by atoms with Gasteiger partial charge in [-0.25, -0.2) is 0 Å². The molecule has 1 amide bonds. The fourth-order valence-electron chi connectivity index (χ4n) is 2.69. The molecule has 1 atom stereocenters. The molecule has 2 rings (SSSR count). The molecule has 0 aromatic heterocycles. The molecule has 1 heterocycles. The van der Waals surface area contributed by atoms with Gasteiger partial charge in [0.25, 0.3) is 0 Å². The Hall–Kier alpha value is -1.35. The summed E-state index contributed by atoms with van der Waals surface area (Å²) in [6, 6.07) is 10.4. The average Bonchev–Trinajstić information content (AvgIpc) is 2.86. The molecular weight excluding hydrogens is 224 g/mol. The van der Waals surface area contributed by atoms with E-state index in [9.17, 15) is 4.79 Å². The smallest absolute Gasteiger partial charge is 0.227 e. The molecule has 98 valence electrons. The van der Waals surface area contributed by atoms with Crippen molar-refractivity contribution in [2.24, 2.45) is 5.73 Å². The number of carbonyl (C=O) groups excluding carboxylic acids is 1. The van der Waals surface area contributed by atoms with Gasteiger partial charge in [-0.2, -0.15) is 0 Å². The highest BCUT2D eigenvalue weighted by atomic mass is 16.2. The van der Waals surface area contributed by atoms with E-state index < -0.39 is 0 Å². The fraction of sp³-hybridized carbons (Fsp3) is 0.533. The van der Waals surface area contributed by atoms with E-state index in [4.69, 9.17) is 5.73 Å². The summed E-state index contributed by atoms with van der Waals surface area (Å²) in [5, 5.41) is 0. The lowest BCUT2D eigenvalue weighted by Gasteiger charge is -2.24. The molecule has 0 bridgehead atoms. The molecule has 0 radical (unpaired) electrons. The zero-order valence-electron chi connectivity index (χ0n) is 10.8. The maximum absolute atomic E-state index is 12.3. The summed E-state index contributed by atoms with van der Waals surface area (Å²) in [5.74, 6) is 0.265. The molecule has 1 aliphatic heterocycles. The standard InChI is InChI=1S/C15H22N2O/c16-10-4-8-14-9-5-11-17(14)15(18)12-13-6-2-1-3-7-13/h1-3,6-7,14H,4-5,8-12,16H2. The lowest BCUT2D eigenvalue weighted by Crippen LogP contribution is -2.36. The van der Waals surface area contributed by atoms with E-state index in [1.54, 1.807) is 0 Å². The van der Waals surface area contributed by atoms with Crippen molar-refractivity contribution in [3.63, 3.8) is 0 Å². The van der Waals surface area contributed by atoms with E-state index in [-0.39, 0.29) is 5.91 Å². The molecular formula is C15H22N2O. The van der Waals surface area contributed by atoms with Gasteiger partial charge in [0.15, 0.2) is 0 Å². The van der Waals surface area contributed by atoms with Crippen LogP contribution < -0.4 is 5.73 Å². The molecule has 1 aliphatic rings. The van der Waals surface area contributed by atoms with Crippen molar-refractivity contribution in [3.8, 4) is 0 Å². The van der Waals surface area contributed by atoms with E-state index in [2.05, 4.69) is 4.90 Å². The largest absolute Gasteiger partial charge is 0.339 e. The minimum absolute atomic E-state index is 0.265.